The van der Waals surface area contributed by atoms with Crippen LogP contribution in [0.2, 0.25) is 0 Å². The zero-order valence-electron chi connectivity index (χ0n) is 17.4. The van der Waals surface area contributed by atoms with E-state index in [0.29, 0.717) is 0 Å². The maximum absolute atomic E-state index is 13.1. The van der Waals surface area contributed by atoms with Gasteiger partial charge in [-0.3, -0.25) is 0 Å². The molecule has 2 aliphatic rings. The fraction of sp³-hybridized carbons (Fsp3) is 0.462. The number of hydrogen-bond donors (Lipinski definition) is 0. The van der Waals surface area contributed by atoms with Gasteiger partial charge in [0.1, 0.15) is 17.9 Å². The lowest BCUT2D eigenvalue weighted by atomic mass is 9.70. The Morgan fingerprint density at radius 1 is 0.767 bits per heavy atom. The molecule has 0 spiro atoms. The van der Waals surface area contributed by atoms with Crippen molar-refractivity contribution in [2.75, 3.05) is 0 Å². The molecule has 2 aliphatic carbocycles. The number of benzene rings is 2. The molecule has 0 atom stereocenters. The van der Waals surface area contributed by atoms with Crippen molar-refractivity contribution in [3.63, 3.8) is 0 Å². The Kier molecular flexibility index (Phi) is 7.37. The Labute approximate surface area is 177 Å². The molecule has 2 nitrogen and oxygen atoms in total. The van der Waals surface area contributed by atoms with Crippen molar-refractivity contribution < 1.29 is 13.6 Å². The second kappa shape index (κ2) is 9.98. The first-order chi connectivity index (χ1) is 14.5. The molecule has 0 heterocycles. The van der Waals surface area contributed by atoms with Crippen LogP contribution in [0, 0.1) is 23.0 Å². The second-order valence-corrected chi connectivity index (χ2v) is 8.61. The molecule has 4 rings (SSSR count). The highest BCUT2D eigenvalue weighted by atomic mass is 19.1. The maximum Gasteiger partial charge on any atom is 0.130 e. The van der Waals surface area contributed by atoms with Gasteiger partial charge in [0, 0.05) is 0 Å². The van der Waals surface area contributed by atoms with Crippen molar-refractivity contribution in [1.29, 1.82) is 5.26 Å². The Balaban J connectivity index is 0.000000171. The molecule has 2 aromatic rings. The van der Waals surface area contributed by atoms with Gasteiger partial charge in [-0.25, -0.2) is 8.78 Å². The van der Waals surface area contributed by atoms with Gasteiger partial charge in [-0.15, -0.1) is 0 Å². The molecule has 30 heavy (non-hydrogen) atoms. The average Bonchev–Trinajstić information content (AvgIpc) is 2.80. The van der Waals surface area contributed by atoms with Crippen LogP contribution in [0.1, 0.15) is 75.3 Å². The molecule has 0 aliphatic heterocycles. The predicted octanol–water partition coefficient (Wildman–Crippen LogP) is 6.78. The minimum absolute atomic E-state index is 0.243. The molecule has 2 aromatic carbocycles. The van der Waals surface area contributed by atoms with E-state index in [2.05, 4.69) is 6.07 Å². The van der Waals surface area contributed by atoms with Gasteiger partial charge in [-0.2, -0.15) is 5.26 Å². The van der Waals surface area contributed by atoms with Crippen LogP contribution in [0.5, 0.6) is 0 Å². The van der Waals surface area contributed by atoms with Crippen LogP contribution in [0.4, 0.5) is 8.78 Å². The van der Waals surface area contributed by atoms with Crippen LogP contribution in [0.3, 0.4) is 0 Å². The number of nitrogens with zero attached hydrogens (tertiary/aromatic N) is 1. The minimum atomic E-state index is -0.430. The van der Waals surface area contributed by atoms with Crippen molar-refractivity contribution in [3.8, 4) is 6.07 Å². The fourth-order valence-corrected chi connectivity index (χ4v) is 4.86. The lowest BCUT2D eigenvalue weighted by Gasteiger charge is -2.32. The lowest BCUT2D eigenvalue weighted by molar-refractivity contribution is -0.113. The van der Waals surface area contributed by atoms with Gasteiger partial charge in [0.05, 0.1) is 16.9 Å². The molecule has 158 valence electrons. The van der Waals surface area contributed by atoms with E-state index in [0.717, 1.165) is 68.8 Å². The molecule has 2 fully saturated rings. The van der Waals surface area contributed by atoms with Crippen LogP contribution >= 0.6 is 0 Å². The van der Waals surface area contributed by atoms with Crippen molar-refractivity contribution in [1.82, 2.24) is 0 Å². The molecular formula is C26H29F2NO. The first-order valence-corrected chi connectivity index (χ1v) is 10.9. The molecule has 0 amide bonds. The second-order valence-electron chi connectivity index (χ2n) is 8.61. The molecule has 0 bridgehead atoms. The third-order valence-corrected chi connectivity index (χ3v) is 6.67. The number of carbonyl (C=O) groups is 1. The van der Waals surface area contributed by atoms with Gasteiger partial charge in [0.2, 0.25) is 0 Å². The smallest absolute Gasteiger partial charge is 0.130 e. The van der Waals surface area contributed by atoms with E-state index in [1.54, 1.807) is 12.1 Å². The number of halogens is 2. The first-order valence-electron chi connectivity index (χ1n) is 10.9. The van der Waals surface area contributed by atoms with Gasteiger partial charge >= 0.3 is 0 Å². The fourth-order valence-electron chi connectivity index (χ4n) is 4.86. The third kappa shape index (κ3) is 4.95. The number of carbonyl (C=O) groups excluding carboxylic acids is 1. The van der Waals surface area contributed by atoms with Crippen LogP contribution in [-0.2, 0) is 15.6 Å². The summed E-state index contributed by atoms with van der Waals surface area (Å²) in [7, 11) is 0. The standard InChI is InChI=1S/C13H14FN.C13H15FO/c2*14-12-6-4-5-11(9-12)13(10-15)7-2-1-3-8-13/h4-6,9H,1-3,7-8H2;4-6,9-10H,1-3,7-8H2. The average molecular weight is 410 g/mol. The van der Waals surface area contributed by atoms with Crippen molar-refractivity contribution in [2.24, 2.45) is 0 Å². The third-order valence-electron chi connectivity index (χ3n) is 6.67. The van der Waals surface area contributed by atoms with Crippen LogP contribution in [0.25, 0.3) is 0 Å². The molecule has 0 radical (unpaired) electrons. The minimum Gasteiger partial charge on any atom is -0.302 e. The zero-order chi connectivity index (χ0) is 21.5. The SMILES string of the molecule is N#CC1(c2cccc(F)c2)CCCCC1.O=CC1(c2cccc(F)c2)CCCCC1. The van der Waals surface area contributed by atoms with Crippen molar-refractivity contribution in [2.45, 2.75) is 75.0 Å². The van der Waals surface area contributed by atoms with Crippen molar-refractivity contribution >= 4 is 6.29 Å². The monoisotopic (exact) mass is 409 g/mol. The Morgan fingerprint density at radius 3 is 1.77 bits per heavy atom. The van der Waals surface area contributed by atoms with E-state index >= 15 is 0 Å². The highest BCUT2D eigenvalue weighted by Crippen LogP contribution is 2.39. The quantitative estimate of drug-likeness (QED) is 0.524. The number of aldehydes is 1. The molecule has 0 unspecified atom stereocenters. The summed E-state index contributed by atoms with van der Waals surface area (Å²) in [6.07, 6.45) is 11.1. The lowest BCUT2D eigenvalue weighted by Crippen LogP contribution is -2.30. The number of nitriles is 1. The molecule has 0 saturated heterocycles. The zero-order valence-corrected chi connectivity index (χ0v) is 17.4. The number of hydrogen-bond acceptors (Lipinski definition) is 2. The molecule has 4 heteroatoms. The van der Waals surface area contributed by atoms with E-state index in [-0.39, 0.29) is 11.6 Å². The van der Waals surface area contributed by atoms with Gasteiger partial charge in [0.25, 0.3) is 0 Å². The summed E-state index contributed by atoms with van der Waals surface area (Å²) in [6.45, 7) is 0. The summed E-state index contributed by atoms with van der Waals surface area (Å²) < 4.78 is 26.2. The summed E-state index contributed by atoms with van der Waals surface area (Å²) in [5.74, 6) is -0.494. The van der Waals surface area contributed by atoms with Gasteiger partial charge in [-0.1, -0.05) is 62.8 Å². The normalized spacial score (nSPS) is 19.6. The summed E-state index contributed by atoms with van der Waals surface area (Å²) in [4.78, 5) is 11.3. The highest BCUT2D eigenvalue weighted by Gasteiger charge is 2.34. The summed E-state index contributed by atoms with van der Waals surface area (Å²) >= 11 is 0. The van der Waals surface area contributed by atoms with E-state index in [1.807, 2.05) is 12.1 Å². The van der Waals surface area contributed by atoms with Gasteiger partial charge in [-0.05, 0) is 61.1 Å². The first kappa shape index (κ1) is 22.2. The topological polar surface area (TPSA) is 40.9 Å². The Morgan fingerprint density at radius 2 is 1.27 bits per heavy atom. The predicted molar refractivity (Wildman–Crippen MR) is 114 cm³/mol. The van der Waals surface area contributed by atoms with E-state index < -0.39 is 10.8 Å². The summed E-state index contributed by atoms with van der Waals surface area (Å²) in [6, 6.07) is 15.4. The van der Waals surface area contributed by atoms with Crippen LogP contribution in [-0.4, -0.2) is 6.29 Å². The number of rotatable bonds is 3. The Hall–Kier alpha value is -2.54. The molecular weight excluding hydrogens is 380 g/mol. The summed E-state index contributed by atoms with van der Waals surface area (Å²) in [5, 5.41) is 9.31. The van der Waals surface area contributed by atoms with Gasteiger partial charge < -0.3 is 4.79 Å². The van der Waals surface area contributed by atoms with Gasteiger partial charge in [0.15, 0.2) is 0 Å². The van der Waals surface area contributed by atoms with E-state index in [4.69, 9.17) is 0 Å². The Bertz CT molecular complexity index is 890. The highest BCUT2D eigenvalue weighted by molar-refractivity contribution is 5.68. The maximum atomic E-state index is 13.1. The van der Waals surface area contributed by atoms with Crippen LogP contribution in [0.15, 0.2) is 48.5 Å². The molecule has 0 aromatic heterocycles. The largest absolute Gasteiger partial charge is 0.302 e. The van der Waals surface area contributed by atoms with Crippen LogP contribution < -0.4 is 0 Å². The summed E-state index contributed by atoms with van der Waals surface area (Å²) in [5.41, 5.74) is 0.850. The molecule has 0 N–H and O–H groups in total. The van der Waals surface area contributed by atoms with Crippen molar-refractivity contribution in [3.05, 3.63) is 71.3 Å². The van der Waals surface area contributed by atoms with E-state index in [1.165, 1.54) is 37.1 Å². The molecule has 2 saturated carbocycles. The van der Waals surface area contributed by atoms with E-state index in [9.17, 15) is 18.8 Å².